The normalized spacial score (nSPS) is 16.6. The van der Waals surface area contributed by atoms with Crippen LogP contribution < -0.4 is 4.90 Å². The van der Waals surface area contributed by atoms with Gasteiger partial charge in [-0.25, -0.2) is 0 Å². The number of benzene rings is 3. The highest BCUT2D eigenvalue weighted by atomic mass is 16.2. The molecular formula is C32H31N3O2. The largest absolute Gasteiger partial charge is 0.341 e. The van der Waals surface area contributed by atoms with E-state index in [1.54, 1.807) is 4.90 Å². The van der Waals surface area contributed by atoms with Crippen LogP contribution in [0.3, 0.4) is 0 Å². The monoisotopic (exact) mass is 489 g/mol. The van der Waals surface area contributed by atoms with Crippen molar-refractivity contribution in [2.45, 2.75) is 39.2 Å². The maximum absolute atomic E-state index is 13.8. The van der Waals surface area contributed by atoms with Crippen molar-refractivity contribution in [2.75, 3.05) is 18.0 Å². The summed E-state index contributed by atoms with van der Waals surface area (Å²) in [6.45, 7) is 4.15. The van der Waals surface area contributed by atoms with Crippen molar-refractivity contribution in [1.82, 2.24) is 9.47 Å². The van der Waals surface area contributed by atoms with Crippen molar-refractivity contribution in [2.24, 2.45) is 0 Å². The summed E-state index contributed by atoms with van der Waals surface area (Å²) in [6.07, 6.45) is 8.29. The van der Waals surface area contributed by atoms with E-state index in [0.717, 1.165) is 65.8 Å². The number of nitrogens with zero attached hydrogens (tertiary/aromatic N) is 3. The number of rotatable bonds is 5. The average molecular weight is 490 g/mol. The standard InChI is InChI=1S/C32H31N3O2/c1-2-23-12-11-16-26-24(21-34(31(23)26)22-30(36)33-18-9-4-10-19-33)20-28-27-15-7-8-17-29(27)35(32(28)37)25-13-5-3-6-14-25/h3,5-8,11-17,20-21H,2,4,9-10,18-19,22H2,1H3/b28-20+. The maximum atomic E-state index is 13.8. The lowest BCUT2D eigenvalue weighted by molar-refractivity contribution is -0.132. The highest BCUT2D eigenvalue weighted by Gasteiger charge is 2.33. The molecule has 2 amide bonds. The molecule has 3 aromatic carbocycles. The summed E-state index contributed by atoms with van der Waals surface area (Å²) in [5.41, 5.74) is 6.59. The van der Waals surface area contributed by atoms with Crippen molar-refractivity contribution in [1.29, 1.82) is 0 Å². The number of aryl methyl sites for hydroxylation is 1. The third kappa shape index (κ3) is 4.14. The number of anilines is 2. The van der Waals surface area contributed by atoms with Gasteiger partial charge in [-0.3, -0.25) is 14.5 Å². The summed E-state index contributed by atoms with van der Waals surface area (Å²) in [7, 11) is 0. The fourth-order valence-corrected chi connectivity index (χ4v) is 5.75. The van der Waals surface area contributed by atoms with Gasteiger partial charge >= 0.3 is 0 Å². The molecule has 0 aliphatic carbocycles. The van der Waals surface area contributed by atoms with E-state index in [0.29, 0.717) is 12.1 Å². The minimum Gasteiger partial charge on any atom is -0.341 e. The first-order valence-electron chi connectivity index (χ1n) is 13.2. The molecule has 5 heteroatoms. The average Bonchev–Trinajstić information content (AvgIpc) is 3.44. The number of fused-ring (bicyclic) bond motifs is 2. The van der Waals surface area contributed by atoms with Gasteiger partial charge in [-0.2, -0.15) is 0 Å². The van der Waals surface area contributed by atoms with Crippen molar-refractivity contribution >= 4 is 45.7 Å². The smallest absolute Gasteiger partial charge is 0.263 e. The predicted octanol–water partition coefficient (Wildman–Crippen LogP) is 6.44. The minimum atomic E-state index is -0.0376. The summed E-state index contributed by atoms with van der Waals surface area (Å²) in [4.78, 5) is 30.8. The molecular weight excluding hydrogens is 458 g/mol. The van der Waals surface area contributed by atoms with Gasteiger partial charge in [-0.05, 0) is 55.5 Å². The third-order valence-electron chi connectivity index (χ3n) is 7.59. The van der Waals surface area contributed by atoms with Gasteiger partial charge < -0.3 is 9.47 Å². The van der Waals surface area contributed by atoms with Gasteiger partial charge in [0, 0.05) is 41.5 Å². The topological polar surface area (TPSA) is 45.6 Å². The molecule has 2 aliphatic rings. The zero-order chi connectivity index (χ0) is 25.4. The second-order valence-corrected chi connectivity index (χ2v) is 9.87. The van der Waals surface area contributed by atoms with E-state index >= 15 is 0 Å². The number of hydrogen-bond donors (Lipinski definition) is 0. The van der Waals surface area contributed by atoms with Crippen LogP contribution in [-0.4, -0.2) is 34.4 Å². The van der Waals surface area contributed by atoms with Crippen LogP contribution in [0.1, 0.15) is 42.9 Å². The molecule has 0 bridgehead atoms. The van der Waals surface area contributed by atoms with E-state index in [2.05, 4.69) is 35.9 Å². The summed E-state index contributed by atoms with van der Waals surface area (Å²) >= 11 is 0. The number of likely N-dealkylation sites (tertiary alicyclic amines) is 1. The minimum absolute atomic E-state index is 0.0376. The fraction of sp³-hybridized carbons (Fsp3) is 0.250. The van der Waals surface area contributed by atoms with Crippen LogP contribution in [0.2, 0.25) is 0 Å². The number of para-hydroxylation sites is 3. The third-order valence-corrected chi connectivity index (χ3v) is 7.59. The Kier molecular flexibility index (Phi) is 6.13. The molecule has 1 aromatic heterocycles. The van der Waals surface area contributed by atoms with Gasteiger partial charge in [0.25, 0.3) is 5.91 Å². The Hall–Kier alpha value is -4.12. The molecule has 0 saturated carbocycles. The Balaban J connectivity index is 1.45. The first kappa shape index (κ1) is 23.3. The Bertz CT molecular complexity index is 1510. The number of aromatic nitrogens is 1. The van der Waals surface area contributed by atoms with E-state index in [-0.39, 0.29) is 11.8 Å². The number of amides is 2. The lowest BCUT2D eigenvalue weighted by atomic mass is 10.0. The zero-order valence-corrected chi connectivity index (χ0v) is 21.2. The molecule has 0 radical (unpaired) electrons. The van der Waals surface area contributed by atoms with Crippen LogP contribution in [0.25, 0.3) is 22.6 Å². The van der Waals surface area contributed by atoms with Gasteiger partial charge in [0.15, 0.2) is 0 Å². The van der Waals surface area contributed by atoms with Crippen molar-refractivity contribution in [3.63, 3.8) is 0 Å². The zero-order valence-electron chi connectivity index (χ0n) is 21.2. The molecule has 3 heterocycles. The van der Waals surface area contributed by atoms with Crippen LogP contribution in [-0.2, 0) is 22.6 Å². The first-order valence-corrected chi connectivity index (χ1v) is 13.2. The van der Waals surface area contributed by atoms with Gasteiger partial charge in [-0.1, -0.05) is 61.5 Å². The van der Waals surface area contributed by atoms with Gasteiger partial charge in [0.1, 0.15) is 6.54 Å². The quantitative estimate of drug-likeness (QED) is 0.303. The van der Waals surface area contributed by atoms with E-state index in [1.807, 2.05) is 65.6 Å². The fourth-order valence-electron chi connectivity index (χ4n) is 5.75. The molecule has 0 atom stereocenters. The van der Waals surface area contributed by atoms with Crippen LogP contribution in [0.5, 0.6) is 0 Å². The highest BCUT2D eigenvalue weighted by molar-refractivity contribution is 6.38. The Morgan fingerprint density at radius 1 is 0.892 bits per heavy atom. The van der Waals surface area contributed by atoms with Crippen LogP contribution in [0, 0.1) is 0 Å². The second-order valence-electron chi connectivity index (χ2n) is 9.87. The lowest BCUT2D eigenvalue weighted by Gasteiger charge is -2.27. The van der Waals surface area contributed by atoms with Crippen molar-refractivity contribution in [3.8, 4) is 0 Å². The molecule has 37 heavy (non-hydrogen) atoms. The van der Waals surface area contributed by atoms with E-state index < -0.39 is 0 Å². The second kappa shape index (κ2) is 9.74. The molecule has 186 valence electrons. The van der Waals surface area contributed by atoms with Crippen LogP contribution in [0.15, 0.2) is 79.0 Å². The summed E-state index contributed by atoms with van der Waals surface area (Å²) < 4.78 is 2.10. The van der Waals surface area contributed by atoms with E-state index in [4.69, 9.17) is 0 Å². The Labute approximate surface area is 217 Å². The SMILES string of the molecule is CCc1cccc2c(/C=C3/C(=O)N(c4ccccc4)c4ccccc43)cn(CC(=O)N3CCCCC3)c12. The van der Waals surface area contributed by atoms with Crippen molar-refractivity contribution < 1.29 is 9.59 Å². The molecule has 0 unspecified atom stereocenters. The summed E-state index contributed by atoms with van der Waals surface area (Å²) in [5, 5.41) is 1.07. The molecule has 0 spiro atoms. The molecule has 0 N–H and O–H groups in total. The van der Waals surface area contributed by atoms with Crippen LogP contribution >= 0.6 is 0 Å². The highest BCUT2D eigenvalue weighted by Crippen LogP contribution is 2.42. The first-order chi connectivity index (χ1) is 18.2. The lowest BCUT2D eigenvalue weighted by Crippen LogP contribution is -2.37. The number of carbonyl (C=O) groups excluding carboxylic acids is 2. The van der Waals surface area contributed by atoms with Crippen LogP contribution in [0.4, 0.5) is 11.4 Å². The summed E-state index contributed by atoms with van der Waals surface area (Å²) in [5.74, 6) is 0.128. The Morgan fingerprint density at radius 2 is 1.65 bits per heavy atom. The van der Waals surface area contributed by atoms with E-state index in [1.165, 1.54) is 12.0 Å². The van der Waals surface area contributed by atoms with E-state index in [9.17, 15) is 9.59 Å². The molecule has 1 saturated heterocycles. The Morgan fingerprint density at radius 3 is 2.43 bits per heavy atom. The molecule has 4 aromatic rings. The maximum Gasteiger partial charge on any atom is 0.263 e. The summed E-state index contributed by atoms with van der Waals surface area (Å²) in [6, 6.07) is 24.0. The molecule has 1 fully saturated rings. The molecule has 6 rings (SSSR count). The van der Waals surface area contributed by atoms with Gasteiger partial charge in [0.2, 0.25) is 5.91 Å². The van der Waals surface area contributed by atoms with Crippen molar-refractivity contribution in [3.05, 3.63) is 95.7 Å². The number of piperidine rings is 1. The number of hydrogen-bond acceptors (Lipinski definition) is 2. The predicted molar refractivity (Wildman–Crippen MR) is 150 cm³/mol. The van der Waals surface area contributed by atoms with Gasteiger partial charge in [-0.15, -0.1) is 0 Å². The molecule has 2 aliphatic heterocycles. The molecule has 5 nitrogen and oxygen atoms in total. The number of carbonyl (C=O) groups is 2. The van der Waals surface area contributed by atoms with Gasteiger partial charge in [0.05, 0.1) is 16.8 Å².